The van der Waals surface area contributed by atoms with Crippen LogP contribution >= 0.6 is 24.0 Å². The molecule has 2 bridgehead atoms. The molecule has 3 aliphatic rings. The Labute approximate surface area is 173 Å². The average Bonchev–Trinajstić information content (AvgIpc) is 3.32. The zero-order valence-electron chi connectivity index (χ0n) is 16.4. The van der Waals surface area contributed by atoms with E-state index in [0.29, 0.717) is 24.0 Å². The number of rotatable bonds is 4. The summed E-state index contributed by atoms with van der Waals surface area (Å²) in [6, 6.07) is 0. The number of nitrogens with zero attached hydrogens (tertiary/aromatic N) is 4. The van der Waals surface area contributed by atoms with Crippen LogP contribution in [0.3, 0.4) is 0 Å². The quantitative estimate of drug-likeness (QED) is 0.414. The third-order valence-corrected chi connectivity index (χ3v) is 6.37. The van der Waals surface area contributed by atoms with Gasteiger partial charge < -0.3 is 15.0 Å². The normalized spacial score (nSPS) is 29.8. The van der Waals surface area contributed by atoms with Gasteiger partial charge in [0.2, 0.25) is 0 Å². The molecule has 4 unspecified atom stereocenters. The van der Waals surface area contributed by atoms with Gasteiger partial charge in [-0.1, -0.05) is 0 Å². The first kappa shape index (κ1) is 19.9. The number of likely N-dealkylation sites (tertiary alicyclic amines) is 1. The Hall–Kier alpha value is -0.830. The fourth-order valence-electron chi connectivity index (χ4n) is 5.01. The highest BCUT2D eigenvalue weighted by molar-refractivity contribution is 14.0. The third kappa shape index (κ3) is 3.48. The Kier molecular flexibility index (Phi) is 6.16. The van der Waals surface area contributed by atoms with E-state index in [0.717, 1.165) is 44.3 Å². The van der Waals surface area contributed by atoms with Crippen molar-refractivity contribution in [3.8, 4) is 0 Å². The van der Waals surface area contributed by atoms with Crippen molar-refractivity contribution in [2.45, 2.75) is 52.2 Å². The van der Waals surface area contributed by atoms with Gasteiger partial charge in [0.05, 0.1) is 17.9 Å². The summed E-state index contributed by atoms with van der Waals surface area (Å²) in [4.78, 5) is 7.40. The topological polar surface area (TPSA) is 54.7 Å². The maximum Gasteiger partial charge on any atom is 0.193 e. The van der Waals surface area contributed by atoms with Gasteiger partial charge in [0, 0.05) is 50.8 Å². The molecule has 1 N–H and O–H groups in total. The molecule has 3 saturated heterocycles. The van der Waals surface area contributed by atoms with E-state index in [1.165, 1.54) is 24.1 Å². The second-order valence-corrected chi connectivity index (χ2v) is 7.78. The van der Waals surface area contributed by atoms with Crippen LogP contribution in [0.1, 0.15) is 36.7 Å². The number of hydrogen-bond acceptors (Lipinski definition) is 3. The Balaban J connectivity index is 0.00000196. The molecule has 4 heterocycles. The molecular formula is C19H32IN5O. The second-order valence-electron chi connectivity index (χ2n) is 7.78. The van der Waals surface area contributed by atoms with E-state index in [1.54, 1.807) is 0 Å². The van der Waals surface area contributed by atoms with E-state index < -0.39 is 0 Å². The van der Waals surface area contributed by atoms with Gasteiger partial charge in [-0.2, -0.15) is 5.10 Å². The molecule has 0 aliphatic carbocycles. The van der Waals surface area contributed by atoms with Crippen molar-refractivity contribution in [2.24, 2.45) is 23.9 Å². The molecule has 0 spiro atoms. The molecule has 0 radical (unpaired) electrons. The van der Waals surface area contributed by atoms with Gasteiger partial charge in [-0.3, -0.25) is 9.67 Å². The first-order valence-corrected chi connectivity index (χ1v) is 9.76. The summed E-state index contributed by atoms with van der Waals surface area (Å²) in [5.74, 6) is 2.51. The van der Waals surface area contributed by atoms with Gasteiger partial charge in [-0.15, -0.1) is 24.0 Å². The van der Waals surface area contributed by atoms with Crippen LogP contribution in [-0.4, -0.2) is 59.0 Å². The number of hydrogen-bond donors (Lipinski definition) is 1. The van der Waals surface area contributed by atoms with Crippen LogP contribution in [0.5, 0.6) is 0 Å². The van der Waals surface area contributed by atoms with Crippen molar-refractivity contribution in [3.63, 3.8) is 0 Å². The van der Waals surface area contributed by atoms with Crippen LogP contribution in [0.25, 0.3) is 0 Å². The van der Waals surface area contributed by atoms with E-state index >= 15 is 0 Å². The molecular weight excluding hydrogens is 441 g/mol. The maximum absolute atomic E-state index is 6.10. The van der Waals surface area contributed by atoms with Crippen molar-refractivity contribution in [1.82, 2.24) is 20.0 Å². The first-order chi connectivity index (χ1) is 12.1. The summed E-state index contributed by atoms with van der Waals surface area (Å²) >= 11 is 0. The van der Waals surface area contributed by atoms with Crippen LogP contribution in [0.2, 0.25) is 0 Å². The third-order valence-electron chi connectivity index (χ3n) is 6.37. The van der Waals surface area contributed by atoms with Crippen molar-refractivity contribution in [2.75, 3.05) is 26.2 Å². The molecule has 7 heteroatoms. The van der Waals surface area contributed by atoms with E-state index in [1.807, 2.05) is 11.7 Å². The molecule has 1 aromatic rings. The number of ether oxygens (including phenoxy) is 1. The second kappa shape index (κ2) is 8.04. The molecule has 146 valence electrons. The van der Waals surface area contributed by atoms with Crippen LogP contribution in [-0.2, 0) is 18.2 Å². The lowest BCUT2D eigenvalue weighted by atomic mass is 9.82. The number of guanidine groups is 1. The minimum Gasteiger partial charge on any atom is -0.374 e. The highest BCUT2D eigenvalue weighted by Crippen LogP contribution is 2.47. The van der Waals surface area contributed by atoms with E-state index in [9.17, 15) is 0 Å². The van der Waals surface area contributed by atoms with E-state index in [2.05, 4.69) is 36.1 Å². The number of nitrogens with one attached hydrogen (secondary N) is 1. The number of aryl methyl sites for hydroxylation is 2. The predicted molar refractivity (Wildman–Crippen MR) is 114 cm³/mol. The highest BCUT2D eigenvalue weighted by atomic mass is 127. The Morgan fingerprint density at radius 1 is 1.23 bits per heavy atom. The number of aromatic nitrogens is 2. The minimum atomic E-state index is 0. The number of fused-ring (bicyclic) bond motifs is 5. The summed E-state index contributed by atoms with van der Waals surface area (Å²) < 4.78 is 8.07. The van der Waals surface area contributed by atoms with Crippen LogP contribution < -0.4 is 5.32 Å². The summed E-state index contributed by atoms with van der Waals surface area (Å²) in [5, 5.41) is 8.01. The van der Waals surface area contributed by atoms with Gasteiger partial charge in [0.25, 0.3) is 0 Å². The summed E-state index contributed by atoms with van der Waals surface area (Å²) in [6.07, 6.45) is 4.47. The molecule has 1 aromatic heterocycles. The summed E-state index contributed by atoms with van der Waals surface area (Å²) in [7, 11) is 2.01. The standard InChI is InChI=1S/C19H31N5O.HI/c1-5-20-19(21-9-8-14-12(2)22-23(4)13(14)3)24-10-15-16(11-24)18-7-6-17(15)25-18;/h15-18H,5-11H2,1-4H3,(H,20,21);1H. The SMILES string of the molecule is CCNC(=NCCc1c(C)nn(C)c1C)N1CC2C3CCC(O3)C2C1.I. The average molecular weight is 473 g/mol. The lowest BCUT2D eigenvalue weighted by Crippen LogP contribution is -2.41. The monoisotopic (exact) mass is 473 g/mol. The van der Waals surface area contributed by atoms with Gasteiger partial charge >= 0.3 is 0 Å². The maximum atomic E-state index is 6.10. The molecule has 26 heavy (non-hydrogen) atoms. The Morgan fingerprint density at radius 3 is 2.42 bits per heavy atom. The van der Waals surface area contributed by atoms with Gasteiger partial charge in [0.1, 0.15) is 0 Å². The van der Waals surface area contributed by atoms with Crippen molar-refractivity contribution in [3.05, 3.63) is 17.0 Å². The molecule has 4 atom stereocenters. The predicted octanol–water partition coefficient (Wildman–Crippen LogP) is 2.27. The van der Waals surface area contributed by atoms with E-state index in [-0.39, 0.29) is 24.0 Å². The molecule has 0 amide bonds. The zero-order valence-corrected chi connectivity index (χ0v) is 18.7. The highest BCUT2D eigenvalue weighted by Gasteiger charge is 2.53. The smallest absolute Gasteiger partial charge is 0.193 e. The summed E-state index contributed by atoms with van der Waals surface area (Å²) in [5.41, 5.74) is 3.72. The van der Waals surface area contributed by atoms with E-state index in [4.69, 9.17) is 9.73 Å². The van der Waals surface area contributed by atoms with Crippen molar-refractivity contribution < 1.29 is 4.74 Å². The molecule has 3 fully saturated rings. The van der Waals surface area contributed by atoms with Gasteiger partial charge in [0.15, 0.2) is 5.96 Å². The fourth-order valence-corrected chi connectivity index (χ4v) is 5.01. The zero-order chi connectivity index (χ0) is 17.6. The van der Waals surface area contributed by atoms with Crippen LogP contribution in [0.4, 0.5) is 0 Å². The van der Waals surface area contributed by atoms with Crippen LogP contribution in [0, 0.1) is 25.7 Å². The lowest BCUT2D eigenvalue weighted by molar-refractivity contribution is 0.0767. The minimum absolute atomic E-state index is 0. The largest absolute Gasteiger partial charge is 0.374 e. The van der Waals surface area contributed by atoms with Crippen molar-refractivity contribution >= 4 is 29.9 Å². The number of halogens is 1. The van der Waals surface area contributed by atoms with Crippen LogP contribution in [0.15, 0.2) is 4.99 Å². The molecule has 3 aliphatic heterocycles. The lowest BCUT2D eigenvalue weighted by Gasteiger charge is -2.23. The Bertz CT molecular complexity index is 655. The molecule has 0 saturated carbocycles. The molecule has 0 aromatic carbocycles. The van der Waals surface area contributed by atoms with Gasteiger partial charge in [-0.05, 0) is 45.6 Å². The molecule has 4 rings (SSSR count). The van der Waals surface area contributed by atoms with Gasteiger partial charge in [-0.25, -0.2) is 0 Å². The first-order valence-electron chi connectivity index (χ1n) is 9.76. The number of aliphatic imine (C=N–C) groups is 1. The summed E-state index contributed by atoms with van der Waals surface area (Å²) in [6.45, 7) is 10.3. The fraction of sp³-hybridized carbons (Fsp3) is 0.789. The Morgan fingerprint density at radius 2 is 1.88 bits per heavy atom. The van der Waals surface area contributed by atoms with Crippen molar-refractivity contribution in [1.29, 1.82) is 0 Å². The molecule has 6 nitrogen and oxygen atoms in total.